The fraction of sp³-hybridized carbons (Fsp3) is 0.308. The Bertz CT molecular complexity index is 355. The predicted octanol–water partition coefficient (Wildman–Crippen LogP) is 3.04. The second-order valence-corrected chi connectivity index (χ2v) is 3.11. The van der Waals surface area contributed by atoms with E-state index in [1.807, 2.05) is 18.2 Å². The van der Waals surface area contributed by atoms with Crippen LogP contribution in [0.25, 0.3) is 0 Å². The van der Waals surface area contributed by atoms with Gasteiger partial charge in [0.15, 0.2) is 6.29 Å². The molecule has 0 aliphatic heterocycles. The molecule has 0 fully saturated rings. The Kier molecular flexibility index (Phi) is 4.50. The van der Waals surface area contributed by atoms with Crippen LogP contribution in [0.15, 0.2) is 24.3 Å². The van der Waals surface area contributed by atoms with E-state index in [0.29, 0.717) is 5.56 Å². The van der Waals surface area contributed by atoms with Crippen molar-refractivity contribution >= 4 is 6.29 Å². The van der Waals surface area contributed by atoms with E-state index in [9.17, 15) is 4.79 Å². The Morgan fingerprint density at radius 2 is 2.14 bits per heavy atom. The first-order chi connectivity index (χ1) is 6.88. The Labute approximate surface area is 85.1 Å². The average molecular weight is 186 g/mol. The molecule has 1 aromatic rings. The third-order valence-electron chi connectivity index (χ3n) is 1.97. The van der Waals surface area contributed by atoms with E-state index in [1.165, 1.54) is 0 Å². The van der Waals surface area contributed by atoms with Gasteiger partial charge in [-0.25, -0.2) is 0 Å². The molecule has 1 nitrogen and oxygen atoms in total. The molecule has 0 saturated carbocycles. The van der Waals surface area contributed by atoms with E-state index < -0.39 is 0 Å². The molecule has 1 aromatic carbocycles. The Hall–Kier alpha value is -1.55. The SMILES string of the molecule is CCCCC#Cc1ccccc1C=O. The van der Waals surface area contributed by atoms with Gasteiger partial charge in [0.2, 0.25) is 0 Å². The summed E-state index contributed by atoms with van der Waals surface area (Å²) in [7, 11) is 0. The zero-order valence-electron chi connectivity index (χ0n) is 8.42. The fourth-order valence-electron chi connectivity index (χ4n) is 1.14. The van der Waals surface area contributed by atoms with Crippen LogP contribution in [0.1, 0.15) is 42.1 Å². The highest BCUT2D eigenvalue weighted by molar-refractivity contribution is 5.79. The molecule has 14 heavy (non-hydrogen) atoms. The van der Waals surface area contributed by atoms with Gasteiger partial charge >= 0.3 is 0 Å². The first-order valence-electron chi connectivity index (χ1n) is 4.91. The number of carbonyl (C=O) groups is 1. The van der Waals surface area contributed by atoms with Crippen molar-refractivity contribution in [1.29, 1.82) is 0 Å². The van der Waals surface area contributed by atoms with Crippen LogP contribution in [0.2, 0.25) is 0 Å². The van der Waals surface area contributed by atoms with E-state index in [-0.39, 0.29) is 0 Å². The van der Waals surface area contributed by atoms with Crippen LogP contribution in [-0.4, -0.2) is 6.29 Å². The molecule has 0 amide bonds. The molecule has 0 atom stereocenters. The average Bonchev–Trinajstić information content (AvgIpc) is 2.25. The summed E-state index contributed by atoms with van der Waals surface area (Å²) in [5, 5.41) is 0. The summed E-state index contributed by atoms with van der Waals surface area (Å²) in [6.07, 6.45) is 4.04. The molecule has 1 heteroatoms. The van der Waals surface area contributed by atoms with Crippen molar-refractivity contribution in [1.82, 2.24) is 0 Å². The quantitative estimate of drug-likeness (QED) is 0.403. The summed E-state index contributed by atoms with van der Waals surface area (Å²) < 4.78 is 0. The van der Waals surface area contributed by atoms with Gasteiger partial charge in [-0.05, 0) is 12.5 Å². The van der Waals surface area contributed by atoms with Crippen molar-refractivity contribution in [2.75, 3.05) is 0 Å². The summed E-state index contributed by atoms with van der Waals surface area (Å²) in [6.45, 7) is 2.14. The minimum atomic E-state index is 0.677. The maximum Gasteiger partial charge on any atom is 0.151 e. The van der Waals surface area contributed by atoms with Gasteiger partial charge in [-0.15, -0.1) is 0 Å². The summed E-state index contributed by atoms with van der Waals surface area (Å²) in [5.41, 5.74) is 1.51. The smallest absolute Gasteiger partial charge is 0.151 e. The van der Waals surface area contributed by atoms with E-state index in [1.54, 1.807) is 6.07 Å². The van der Waals surface area contributed by atoms with E-state index >= 15 is 0 Å². The molecule has 0 aromatic heterocycles. The van der Waals surface area contributed by atoms with Crippen LogP contribution in [0.3, 0.4) is 0 Å². The van der Waals surface area contributed by atoms with Crippen molar-refractivity contribution < 1.29 is 4.79 Å². The fourth-order valence-corrected chi connectivity index (χ4v) is 1.14. The van der Waals surface area contributed by atoms with Gasteiger partial charge < -0.3 is 0 Å². The van der Waals surface area contributed by atoms with Gasteiger partial charge in [0.25, 0.3) is 0 Å². The van der Waals surface area contributed by atoms with E-state index in [2.05, 4.69) is 18.8 Å². The molecule has 0 aliphatic carbocycles. The van der Waals surface area contributed by atoms with Crippen molar-refractivity contribution in [2.24, 2.45) is 0 Å². The number of hydrogen-bond acceptors (Lipinski definition) is 1. The number of carbonyl (C=O) groups excluding carboxylic acids is 1. The molecule has 0 heterocycles. The Morgan fingerprint density at radius 3 is 2.86 bits per heavy atom. The zero-order chi connectivity index (χ0) is 10.2. The van der Waals surface area contributed by atoms with Crippen molar-refractivity contribution in [3.05, 3.63) is 35.4 Å². The van der Waals surface area contributed by atoms with Crippen LogP contribution < -0.4 is 0 Å². The molecule has 0 aliphatic rings. The van der Waals surface area contributed by atoms with Crippen molar-refractivity contribution in [3.8, 4) is 11.8 Å². The molecular weight excluding hydrogens is 172 g/mol. The van der Waals surface area contributed by atoms with Crippen LogP contribution in [0.4, 0.5) is 0 Å². The Balaban J connectivity index is 2.73. The van der Waals surface area contributed by atoms with Gasteiger partial charge in [-0.2, -0.15) is 0 Å². The van der Waals surface area contributed by atoms with Crippen LogP contribution in [0, 0.1) is 11.8 Å². The summed E-state index contributed by atoms with van der Waals surface area (Å²) in [6, 6.07) is 7.41. The topological polar surface area (TPSA) is 17.1 Å². The molecule has 0 spiro atoms. The third-order valence-corrected chi connectivity index (χ3v) is 1.97. The third kappa shape index (κ3) is 3.06. The second kappa shape index (κ2) is 5.99. The van der Waals surface area contributed by atoms with Crippen LogP contribution >= 0.6 is 0 Å². The normalized spacial score (nSPS) is 8.93. The van der Waals surface area contributed by atoms with Crippen molar-refractivity contribution in [3.63, 3.8) is 0 Å². The van der Waals surface area contributed by atoms with Crippen LogP contribution in [0.5, 0.6) is 0 Å². The standard InChI is InChI=1S/C13H14O/c1-2-3-4-5-8-12-9-6-7-10-13(12)11-14/h6-7,9-11H,2-4H2,1H3. The molecule has 0 radical (unpaired) electrons. The van der Waals surface area contributed by atoms with Crippen LogP contribution in [-0.2, 0) is 0 Å². The predicted molar refractivity (Wildman–Crippen MR) is 58.2 cm³/mol. The summed E-state index contributed by atoms with van der Waals surface area (Å²) >= 11 is 0. The zero-order valence-corrected chi connectivity index (χ0v) is 8.42. The van der Waals surface area contributed by atoms with Gasteiger partial charge in [-0.3, -0.25) is 4.79 Å². The highest BCUT2D eigenvalue weighted by Crippen LogP contribution is 2.04. The lowest BCUT2D eigenvalue weighted by atomic mass is 10.1. The lowest BCUT2D eigenvalue weighted by molar-refractivity contribution is 0.112. The lowest BCUT2D eigenvalue weighted by Gasteiger charge is -1.93. The molecular formula is C13H14O. The maximum absolute atomic E-state index is 10.6. The molecule has 72 valence electrons. The monoisotopic (exact) mass is 186 g/mol. The minimum absolute atomic E-state index is 0.677. The highest BCUT2D eigenvalue weighted by Gasteiger charge is 1.94. The highest BCUT2D eigenvalue weighted by atomic mass is 16.1. The molecule has 0 saturated heterocycles. The summed E-state index contributed by atoms with van der Waals surface area (Å²) in [5.74, 6) is 6.09. The number of benzene rings is 1. The molecule has 0 N–H and O–H groups in total. The number of rotatable bonds is 3. The number of aldehydes is 1. The van der Waals surface area contributed by atoms with E-state index in [0.717, 1.165) is 31.1 Å². The van der Waals surface area contributed by atoms with Gasteiger partial charge in [0.1, 0.15) is 0 Å². The summed E-state index contributed by atoms with van der Waals surface area (Å²) in [4.78, 5) is 10.6. The molecule has 0 bridgehead atoms. The van der Waals surface area contributed by atoms with Gasteiger partial charge in [-0.1, -0.05) is 43.4 Å². The number of unbranched alkanes of at least 4 members (excludes halogenated alkanes) is 2. The number of hydrogen-bond donors (Lipinski definition) is 0. The largest absolute Gasteiger partial charge is 0.298 e. The molecule has 0 unspecified atom stereocenters. The maximum atomic E-state index is 10.6. The van der Waals surface area contributed by atoms with E-state index in [4.69, 9.17) is 0 Å². The van der Waals surface area contributed by atoms with Gasteiger partial charge in [0.05, 0.1) is 0 Å². The lowest BCUT2D eigenvalue weighted by Crippen LogP contribution is -1.85. The minimum Gasteiger partial charge on any atom is -0.298 e. The second-order valence-electron chi connectivity index (χ2n) is 3.11. The van der Waals surface area contributed by atoms with Crippen molar-refractivity contribution in [2.45, 2.75) is 26.2 Å². The first-order valence-corrected chi connectivity index (χ1v) is 4.91. The first kappa shape index (κ1) is 10.5. The van der Waals surface area contributed by atoms with Gasteiger partial charge in [0, 0.05) is 17.5 Å². The molecule has 1 rings (SSSR count). The Morgan fingerprint density at radius 1 is 1.36 bits per heavy atom.